The summed E-state index contributed by atoms with van der Waals surface area (Å²) in [6, 6.07) is 12.6. The lowest BCUT2D eigenvalue weighted by atomic mass is 9.79. The van der Waals surface area contributed by atoms with Crippen molar-refractivity contribution in [1.82, 2.24) is 29.5 Å². The fourth-order valence-corrected chi connectivity index (χ4v) is 10.1. The smallest absolute Gasteiger partial charge is 0.329 e. The van der Waals surface area contributed by atoms with E-state index in [-0.39, 0.29) is 70.1 Å². The van der Waals surface area contributed by atoms with Crippen LogP contribution >= 0.6 is 11.9 Å². The van der Waals surface area contributed by atoms with E-state index in [0.29, 0.717) is 52.4 Å². The van der Waals surface area contributed by atoms with Gasteiger partial charge in [0.25, 0.3) is 5.56 Å². The number of nitriles is 1. The SMILES string of the molecule is CC(C)SNc1ccc(F)c(Oc2ccc3ncn(C4COC5(CCN(C6CCC(c7cc8c(cc7F)c(N7CCC(=O)NC7=O)nn8C)CC6)CC5)C4)c(=O)c3c2)c1C#N. The molecule has 2 N–H and O–H groups in total. The lowest BCUT2D eigenvalue weighted by molar-refractivity contribution is -0.120. The number of rotatable bonds is 9. The molecule has 1 saturated carbocycles. The van der Waals surface area contributed by atoms with E-state index in [0.717, 1.165) is 57.1 Å². The molecular weight excluding hydrogens is 805 g/mol. The zero-order valence-electron chi connectivity index (χ0n) is 34.2. The molecule has 0 bridgehead atoms. The lowest BCUT2D eigenvalue weighted by Crippen LogP contribution is -2.49. The number of urea groups is 1. The van der Waals surface area contributed by atoms with Gasteiger partial charge >= 0.3 is 6.03 Å². The van der Waals surface area contributed by atoms with Crippen LogP contribution in [0.25, 0.3) is 21.8 Å². The Morgan fingerprint density at radius 2 is 1.79 bits per heavy atom. The van der Waals surface area contributed by atoms with Gasteiger partial charge in [-0.3, -0.25) is 29.1 Å². The van der Waals surface area contributed by atoms with Crippen molar-refractivity contribution in [2.45, 2.75) is 94.1 Å². The van der Waals surface area contributed by atoms with E-state index in [4.69, 9.17) is 9.47 Å². The minimum absolute atomic E-state index is 0.0293. The molecule has 1 unspecified atom stereocenters. The van der Waals surface area contributed by atoms with E-state index in [2.05, 4.69) is 31.1 Å². The Bertz CT molecular complexity index is 2650. The highest BCUT2D eigenvalue weighted by Crippen LogP contribution is 2.44. The molecule has 9 rings (SSSR count). The van der Waals surface area contributed by atoms with Crippen molar-refractivity contribution in [2.75, 3.05) is 35.9 Å². The first-order chi connectivity index (χ1) is 29.4. The minimum atomic E-state index is -0.690. The van der Waals surface area contributed by atoms with Crippen LogP contribution in [0.4, 0.5) is 25.1 Å². The molecule has 4 aliphatic rings. The Balaban J connectivity index is 0.828. The summed E-state index contributed by atoms with van der Waals surface area (Å²) in [5, 5.41) is 17.8. The first kappa shape index (κ1) is 40.8. The van der Waals surface area contributed by atoms with Crippen molar-refractivity contribution in [1.29, 1.82) is 5.26 Å². The maximum atomic E-state index is 15.8. The third kappa shape index (κ3) is 7.81. The third-order valence-electron chi connectivity index (χ3n) is 12.8. The predicted molar refractivity (Wildman–Crippen MR) is 228 cm³/mol. The summed E-state index contributed by atoms with van der Waals surface area (Å²) in [4.78, 5) is 46.7. The zero-order valence-corrected chi connectivity index (χ0v) is 35.1. The van der Waals surface area contributed by atoms with E-state index >= 15 is 8.78 Å². The molecule has 1 atom stereocenters. The molecular formula is C44H47F2N9O5S. The van der Waals surface area contributed by atoms with Gasteiger partial charge in [-0.05, 0) is 111 Å². The third-order valence-corrected chi connectivity index (χ3v) is 13.6. The number of ether oxygens (including phenoxy) is 2. The Kier molecular flexibility index (Phi) is 11.0. The number of hydrogen-bond acceptors (Lipinski definition) is 11. The second kappa shape index (κ2) is 16.4. The fraction of sp³-hybridized carbons (Fsp3) is 0.455. The van der Waals surface area contributed by atoms with Gasteiger partial charge in [0.2, 0.25) is 5.91 Å². The number of carbonyl (C=O) groups is 2. The molecule has 3 saturated heterocycles. The molecule has 2 aromatic heterocycles. The first-order valence-electron chi connectivity index (χ1n) is 20.9. The number of benzene rings is 3. The van der Waals surface area contributed by atoms with Crippen molar-refractivity contribution in [3.63, 3.8) is 0 Å². The number of aryl methyl sites for hydroxylation is 1. The van der Waals surface area contributed by atoms with Crippen LogP contribution in [0.1, 0.15) is 88.3 Å². The van der Waals surface area contributed by atoms with E-state index in [9.17, 15) is 19.6 Å². The van der Waals surface area contributed by atoms with Crippen LogP contribution in [0, 0.1) is 23.0 Å². The van der Waals surface area contributed by atoms with Crippen LogP contribution in [-0.2, 0) is 16.6 Å². The lowest BCUT2D eigenvalue weighted by Gasteiger charge is -2.44. The molecule has 1 aliphatic carbocycles. The summed E-state index contributed by atoms with van der Waals surface area (Å²) in [5.74, 6) is -0.916. The van der Waals surface area contributed by atoms with Gasteiger partial charge in [0.1, 0.15) is 23.2 Å². The standard InChI is InChI=1S/C44H47F2N9O5S/c1-25(2)61-51-37-11-9-34(45)40(33(37)22-47)60-29-8-10-36-31(18-29)42(57)55(24-48-36)28-21-44(59-23-28)13-16-53(17-14-44)27-6-4-26(5-7-27)30-20-38-32(19-35(30)46)41(50-52(38)3)54-15-12-39(56)49-43(54)58/h8-11,18-20,24-28,51H,4-7,12-17,21,23H2,1-3H3,(H,49,56,58). The van der Waals surface area contributed by atoms with Crippen molar-refractivity contribution in [3.05, 3.63) is 81.9 Å². The Labute approximate surface area is 355 Å². The maximum Gasteiger partial charge on any atom is 0.329 e. The van der Waals surface area contributed by atoms with Crippen LogP contribution < -0.4 is 25.2 Å². The zero-order chi connectivity index (χ0) is 42.6. The monoisotopic (exact) mass is 851 g/mol. The van der Waals surface area contributed by atoms with Gasteiger partial charge in [-0.15, -0.1) is 0 Å². The number of anilines is 2. The van der Waals surface area contributed by atoms with E-state index in [1.165, 1.54) is 35.0 Å². The van der Waals surface area contributed by atoms with Crippen molar-refractivity contribution in [3.8, 4) is 17.6 Å². The summed E-state index contributed by atoms with van der Waals surface area (Å²) < 4.78 is 49.7. The Morgan fingerprint density at radius 3 is 2.52 bits per heavy atom. The second-order valence-corrected chi connectivity index (χ2v) is 18.3. The molecule has 17 heteroatoms. The molecule has 0 radical (unpaired) electrons. The summed E-state index contributed by atoms with van der Waals surface area (Å²) in [5.41, 5.74) is 1.77. The van der Waals surface area contributed by atoms with Gasteiger partial charge in [0.15, 0.2) is 17.4 Å². The fourth-order valence-electron chi connectivity index (χ4n) is 9.54. The number of imide groups is 1. The maximum absolute atomic E-state index is 15.8. The van der Waals surface area contributed by atoms with Crippen molar-refractivity contribution in [2.24, 2.45) is 7.05 Å². The normalized spacial score (nSPS) is 22.0. The molecule has 14 nitrogen and oxygen atoms in total. The van der Waals surface area contributed by atoms with E-state index in [1.54, 1.807) is 40.8 Å². The van der Waals surface area contributed by atoms with Crippen LogP contribution in [0.5, 0.6) is 11.5 Å². The number of nitrogens with one attached hydrogen (secondary N) is 2. The van der Waals surface area contributed by atoms with E-state index < -0.39 is 11.8 Å². The van der Waals surface area contributed by atoms with Crippen LogP contribution in [0.3, 0.4) is 0 Å². The average Bonchev–Trinajstić information content (AvgIpc) is 3.80. The highest BCUT2D eigenvalue weighted by molar-refractivity contribution is 8.01. The summed E-state index contributed by atoms with van der Waals surface area (Å²) in [6.45, 7) is 6.32. The number of aromatic nitrogens is 4. The van der Waals surface area contributed by atoms with Crippen LogP contribution in [0.2, 0.25) is 0 Å². The van der Waals surface area contributed by atoms with Crippen molar-refractivity contribution < 1.29 is 27.8 Å². The molecule has 5 heterocycles. The summed E-state index contributed by atoms with van der Waals surface area (Å²) in [6.07, 6.45) is 7.70. The van der Waals surface area contributed by atoms with Gasteiger partial charge < -0.3 is 19.1 Å². The Morgan fingerprint density at radius 1 is 1.00 bits per heavy atom. The number of piperidine rings is 1. The number of halogens is 2. The highest BCUT2D eigenvalue weighted by Gasteiger charge is 2.45. The van der Waals surface area contributed by atoms with Gasteiger partial charge in [-0.2, -0.15) is 10.4 Å². The van der Waals surface area contributed by atoms with Gasteiger partial charge in [0.05, 0.1) is 46.7 Å². The van der Waals surface area contributed by atoms with Gasteiger partial charge in [-0.25, -0.2) is 18.6 Å². The number of likely N-dealkylation sites (tertiary alicyclic amines) is 1. The van der Waals surface area contributed by atoms with Gasteiger partial charge in [0, 0.05) is 49.8 Å². The molecule has 1 spiro atoms. The largest absolute Gasteiger partial charge is 0.453 e. The molecule has 4 fully saturated rings. The first-order valence-corrected chi connectivity index (χ1v) is 21.8. The van der Waals surface area contributed by atoms with E-state index in [1.807, 2.05) is 19.9 Å². The number of fused-ring (bicyclic) bond motifs is 2. The van der Waals surface area contributed by atoms with Gasteiger partial charge in [-0.1, -0.05) is 13.8 Å². The number of amides is 3. The highest BCUT2D eigenvalue weighted by atomic mass is 32.2. The molecule has 318 valence electrons. The molecule has 3 aliphatic heterocycles. The summed E-state index contributed by atoms with van der Waals surface area (Å²) >= 11 is 1.40. The summed E-state index contributed by atoms with van der Waals surface area (Å²) in [7, 11) is 1.78. The van der Waals surface area contributed by atoms with Crippen molar-refractivity contribution >= 4 is 57.2 Å². The van der Waals surface area contributed by atoms with Crippen LogP contribution in [0.15, 0.2) is 53.6 Å². The molecule has 3 amide bonds. The number of carbonyl (C=O) groups excluding carboxylic acids is 2. The average molecular weight is 852 g/mol. The van der Waals surface area contributed by atoms with Crippen LogP contribution in [-0.4, -0.2) is 79.3 Å². The topological polar surface area (TPSA) is 160 Å². The quantitative estimate of drug-likeness (QED) is 0.140. The number of nitrogens with zero attached hydrogens (tertiary/aromatic N) is 7. The number of hydrogen-bond donors (Lipinski definition) is 2. The Hall–Kier alpha value is -5.57. The molecule has 5 aromatic rings. The second-order valence-electron chi connectivity index (χ2n) is 16.9. The minimum Gasteiger partial charge on any atom is -0.453 e. The molecule has 61 heavy (non-hydrogen) atoms. The predicted octanol–water partition coefficient (Wildman–Crippen LogP) is 7.66. The molecule has 3 aromatic carbocycles.